The number of amides is 5. The van der Waals surface area contributed by atoms with Crippen molar-refractivity contribution in [2.24, 2.45) is 35.5 Å². The first-order valence-electron chi connectivity index (χ1n) is 12.4. The van der Waals surface area contributed by atoms with Gasteiger partial charge in [0.25, 0.3) is 17.7 Å². The molecule has 2 aliphatic heterocycles. The number of nitrogens with one attached hydrogen (secondary N) is 1. The van der Waals surface area contributed by atoms with Gasteiger partial charge in [-0.05, 0) is 59.9 Å². The number of imide groups is 1. The summed E-state index contributed by atoms with van der Waals surface area (Å²) in [7, 11) is 0. The molecule has 2 saturated carbocycles. The Morgan fingerprint density at radius 1 is 0.889 bits per heavy atom. The molecular formula is C27H25N5O4. The highest BCUT2D eigenvalue weighted by molar-refractivity contribution is 6.08. The van der Waals surface area contributed by atoms with E-state index in [1.165, 1.54) is 0 Å². The molecule has 4 aliphatic carbocycles. The maximum absolute atomic E-state index is 13.1. The number of urea groups is 1. The smallest absolute Gasteiger partial charge is 0.318 e. The second-order valence-corrected chi connectivity index (χ2v) is 10.4. The third kappa shape index (κ3) is 3.11. The number of hydrogen-bond donors (Lipinski definition) is 1. The van der Waals surface area contributed by atoms with Crippen LogP contribution >= 0.6 is 0 Å². The van der Waals surface area contributed by atoms with E-state index in [0.29, 0.717) is 37.0 Å². The third-order valence-electron chi connectivity index (χ3n) is 8.54. The molecule has 1 aromatic heterocycles. The summed E-state index contributed by atoms with van der Waals surface area (Å²) in [6, 6.07) is 10.4. The molecule has 2 aromatic rings. The van der Waals surface area contributed by atoms with E-state index in [0.717, 1.165) is 22.7 Å². The summed E-state index contributed by atoms with van der Waals surface area (Å²) in [5.74, 6) is -0.491. The van der Waals surface area contributed by atoms with Crippen molar-refractivity contribution in [1.82, 2.24) is 20.3 Å². The van der Waals surface area contributed by atoms with Crippen LogP contribution in [-0.4, -0.2) is 51.7 Å². The molecule has 0 spiro atoms. The molecule has 4 fully saturated rings. The van der Waals surface area contributed by atoms with Gasteiger partial charge in [0.2, 0.25) is 0 Å². The Balaban J connectivity index is 1.00. The van der Waals surface area contributed by atoms with Crippen LogP contribution in [0.3, 0.4) is 0 Å². The quantitative estimate of drug-likeness (QED) is 0.519. The van der Waals surface area contributed by atoms with E-state index in [1.54, 1.807) is 46.5 Å². The number of carbonyl (C=O) groups excluding carboxylic acids is 4. The van der Waals surface area contributed by atoms with Crippen molar-refractivity contribution in [3.05, 3.63) is 72.1 Å². The van der Waals surface area contributed by atoms with Gasteiger partial charge in [0.15, 0.2) is 0 Å². The number of anilines is 1. The minimum absolute atomic E-state index is 0.0726. The minimum atomic E-state index is -0.492. The normalized spacial score (nSPS) is 31.7. The first kappa shape index (κ1) is 21.3. The average molecular weight is 484 g/mol. The van der Waals surface area contributed by atoms with Gasteiger partial charge in [0, 0.05) is 43.3 Å². The number of carbonyl (C=O) groups is 4. The van der Waals surface area contributed by atoms with Crippen molar-refractivity contribution in [2.75, 3.05) is 18.0 Å². The molecule has 36 heavy (non-hydrogen) atoms. The molecule has 4 unspecified atom stereocenters. The highest BCUT2D eigenvalue weighted by Gasteiger charge is 2.67. The first-order valence-corrected chi connectivity index (χ1v) is 12.4. The molecule has 6 atom stereocenters. The van der Waals surface area contributed by atoms with Gasteiger partial charge in [-0.1, -0.05) is 24.3 Å². The van der Waals surface area contributed by atoms with Gasteiger partial charge in [0.1, 0.15) is 0 Å². The van der Waals surface area contributed by atoms with Crippen molar-refractivity contribution in [3.8, 4) is 0 Å². The summed E-state index contributed by atoms with van der Waals surface area (Å²) in [4.78, 5) is 59.4. The Morgan fingerprint density at radius 3 is 2.17 bits per heavy atom. The number of hydrazine groups is 1. The molecule has 2 bridgehead atoms. The highest BCUT2D eigenvalue weighted by Crippen LogP contribution is 2.65. The highest BCUT2D eigenvalue weighted by atomic mass is 16.2. The molecule has 9 nitrogen and oxygen atoms in total. The standard InChI is InChI=1S/C27H25N5O4/c33-24(29-32-25(34)22-18-5-6-19(21-13-20(18)21)23(22)26(32)35)16-3-1-15(2-4-16)14-30-11-12-31(27(30)36)17-7-9-28-10-8-17/h1-10,18-23H,11-14H2,(H,29,33)/t18?,19?,20?,21?,22-,23+. The molecule has 5 amide bonds. The third-order valence-corrected chi connectivity index (χ3v) is 8.54. The van der Waals surface area contributed by atoms with Gasteiger partial charge < -0.3 is 4.90 Å². The second-order valence-electron chi connectivity index (χ2n) is 10.4. The Morgan fingerprint density at radius 2 is 1.53 bits per heavy atom. The SMILES string of the molecule is O=C(NN1C(=O)[C@@H]2C3C=CC(C4CC43)[C@@H]2C1=O)c1ccc(CN2CCN(c3ccncc3)C2=O)cc1. The lowest BCUT2D eigenvalue weighted by Crippen LogP contribution is -2.46. The Bertz CT molecular complexity index is 1270. The monoisotopic (exact) mass is 483 g/mol. The Hall–Kier alpha value is -4.01. The summed E-state index contributed by atoms with van der Waals surface area (Å²) in [6.07, 6.45) is 8.64. The number of benzene rings is 1. The van der Waals surface area contributed by atoms with Crippen LogP contribution in [0.15, 0.2) is 60.9 Å². The van der Waals surface area contributed by atoms with Gasteiger partial charge in [-0.25, -0.2) is 4.79 Å². The van der Waals surface area contributed by atoms with Crippen LogP contribution in [0.1, 0.15) is 22.3 Å². The van der Waals surface area contributed by atoms with Crippen LogP contribution in [0.5, 0.6) is 0 Å². The number of nitrogens with zero attached hydrogens (tertiary/aromatic N) is 4. The molecule has 9 heteroatoms. The van der Waals surface area contributed by atoms with E-state index in [4.69, 9.17) is 0 Å². The number of rotatable bonds is 5. The van der Waals surface area contributed by atoms with Gasteiger partial charge in [0.05, 0.1) is 11.8 Å². The maximum Gasteiger partial charge on any atom is 0.324 e. The van der Waals surface area contributed by atoms with Crippen LogP contribution in [0, 0.1) is 35.5 Å². The lowest BCUT2D eigenvalue weighted by molar-refractivity contribution is -0.143. The molecule has 0 radical (unpaired) electrons. The van der Waals surface area contributed by atoms with Crippen LogP contribution in [0.25, 0.3) is 0 Å². The Kier molecular flexibility index (Phi) is 4.58. The van der Waals surface area contributed by atoms with E-state index in [1.807, 2.05) is 12.1 Å². The van der Waals surface area contributed by atoms with Gasteiger partial charge in [-0.15, -0.1) is 0 Å². The van der Waals surface area contributed by atoms with Gasteiger partial charge in [-0.2, -0.15) is 5.01 Å². The molecule has 1 N–H and O–H groups in total. The van der Waals surface area contributed by atoms with Gasteiger partial charge in [-0.3, -0.25) is 29.7 Å². The Labute approximate surface area is 207 Å². The average Bonchev–Trinajstić information content (AvgIpc) is 3.61. The molecule has 2 saturated heterocycles. The van der Waals surface area contributed by atoms with Crippen LogP contribution < -0.4 is 10.3 Å². The van der Waals surface area contributed by atoms with E-state index in [9.17, 15) is 19.2 Å². The molecule has 6 aliphatic rings. The summed E-state index contributed by atoms with van der Waals surface area (Å²) in [5, 5.41) is 0.958. The fraction of sp³-hybridized carbons (Fsp3) is 0.370. The lowest BCUT2D eigenvalue weighted by atomic mass is 9.63. The second kappa shape index (κ2) is 7.74. The zero-order valence-electron chi connectivity index (χ0n) is 19.5. The summed E-state index contributed by atoms with van der Waals surface area (Å²) in [6.45, 7) is 1.62. The number of aromatic nitrogens is 1. The maximum atomic E-state index is 13.1. The molecule has 182 valence electrons. The molecular weight excluding hydrogens is 458 g/mol. The van der Waals surface area contributed by atoms with E-state index >= 15 is 0 Å². The summed E-state index contributed by atoms with van der Waals surface area (Å²) >= 11 is 0. The van der Waals surface area contributed by atoms with E-state index < -0.39 is 5.91 Å². The van der Waals surface area contributed by atoms with Crippen LogP contribution in [-0.2, 0) is 16.1 Å². The van der Waals surface area contributed by atoms with Crippen LogP contribution in [0.2, 0.25) is 0 Å². The fourth-order valence-corrected chi connectivity index (χ4v) is 6.71. The topological polar surface area (TPSA) is 103 Å². The first-order chi connectivity index (χ1) is 17.5. The number of pyridine rings is 1. The van der Waals surface area contributed by atoms with E-state index in [-0.39, 0.29) is 41.5 Å². The number of allylic oxidation sites excluding steroid dienone is 2. The zero-order valence-corrected chi connectivity index (χ0v) is 19.5. The van der Waals surface area contributed by atoms with Gasteiger partial charge >= 0.3 is 6.03 Å². The zero-order chi connectivity index (χ0) is 24.6. The number of hydrogen-bond acceptors (Lipinski definition) is 5. The lowest BCUT2D eigenvalue weighted by Gasteiger charge is -2.37. The van der Waals surface area contributed by atoms with Crippen molar-refractivity contribution >= 4 is 29.4 Å². The molecule has 8 rings (SSSR count). The van der Waals surface area contributed by atoms with Crippen molar-refractivity contribution < 1.29 is 19.2 Å². The minimum Gasteiger partial charge on any atom is -0.318 e. The van der Waals surface area contributed by atoms with Crippen molar-refractivity contribution in [3.63, 3.8) is 0 Å². The predicted molar refractivity (Wildman–Crippen MR) is 128 cm³/mol. The molecule has 1 aromatic carbocycles. The van der Waals surface area contributed by atoms with Crippen LogP contribution in [0.4, 0.5) is 10.5 Å². The molecule has 3 heterocycles. The van der Waals surface area contributed by atoms with Crippen molar-refractivity contribution in [1.29, 1.82) is 0 Å². The predicted octanol–water partition coefficient (Wildman–Crippen LogP) is 2.22. The van der Waals surface area contributed by atoms with E-state index in [2.05, 4.69) is 22.6 Å². The largest absolute Gasteiger partial charge is 0.324 e. The van der Waals surface area contributed by atoms with Crippen molar-refractivity contribution in [2.45, 2.75) is 13.0 Å². The summed E-state index contributed by atoms with van der Waals surface area (Å²) in [5.41, 5.74) is 4.62. The fourth-order valence-electron chi connectivity index (χ4n) is 6.71. The summed E-state index contributed by atoms with van der Waals surface area (Å²) < 4.78 is 0.